The lowest BCUT2D eigenvalue weighted by Gasteiger charge is -2.09. The van der Waals surface area contributed by atoms with Crippen LogP contribution in [-0.4, -0.2) is 23.3 Å². The second-order valence-corrected chi connectivity index (χ2v) is 5.04. The molecule has 2 N–H and O–H groups in total. The Morgan fingerprint density at radius 2 is 2.10 bits per heavy atom. The van der Waals surface area contributed by atoms with E-state index in [0.29, 0.717) is 24.9 Å². The molecule has 0 saturated carbocycles. The van der Waals surface area contributed by atoms with Crippen molar-refractivity contribution in [2.45, 2.75) is 39.0 Å². The Balaban J connectivity index is 1.86. The smallest absolute Gasteiger partial charge is 0.231 e. The van der Waals surface area contributed by atoms with Gasteiger partial charge in [0.05, 0.1) is 19.6 Å². The number of nitrogens with two attached hydrogens (primary N) is 1. The minimum absolute atomic E-state index is 0.0315. The van der Waals surface area contributed by atoms with E-state index in [0.717, 1.165) is 11.3 Å². The topological polar surface area (TPSA) is 83.4 Å². The zero-order valence-corrected chi connectivity index (χ0v) is 12.6. The van der Waals surface area contributed by atoms with E-state index in [1.54, 1.807) is 7.11 Å². The molecule has 0 aliphatic rings. The fourth-order valence-electron chi connectivity index (χ4n) is 1.76. The Labute approximate surface area is 124 Å². The summed E-state index contributed by atoms with van der Waals surface area (Å²) in [6.07, 6.45) is 0. The van der Waals surface area contributed by atoms with Crippen molar-refractivity contribution in [2.75, 3.05) is 7.11 Å². The van der Waals surface area contributed by atoms with Crippen molar-refractivity contribution in [2.24, 2.45) is 5.73 Å². The molecule has 0 spiro atoms. The number of benzene rings is 1. The fraction of sp³-hybridized carbons (Fsp3) is 0.467. The summed E-state index contributed by atoms with van der Waals surface area (Å²) in [7, 11) is 1.64. The molecule has 0 bridgehead atoms. The van der Waals surface area contributed by atoms with E-state index in [-0.39, 0.29) is 12.0 Å². The number of nitrogens with zero attached hydrogens (tertiary/aromatic N) is 2. The zero-order chi connectivity index (χ0) is 15.2. The van der Waals surface area contributed by atoms with Gasteiger partial charge in [0.2, 0.25) is 5.89 Å². The molecule has 2 aromatic rings. The molecule has 0 amide bonds. The first-order valence-corrected chi connectivity index (χ1v) is 6.89. The molecular formula is C15H21N3O3. The van der Waals surface area contributed by atoms with Gasteiger partial charge in [-0.15, -0.1) is 0 Å². The van der Waals surface area contributed by atoms with E-state index in [1.807, 2.05) is 38.1 Å². The second kappa shape index (κ2) is 7.19. The van der Waals surface area contributed by atoms with Crippen LogP contribution in [0.15, 0.2) is 28.8 Å². The summed E-state index contributed by atoms with van der Waals surface area (Å²) >= 11 is 0. The molecule has 2 unspecified atom stereocenters. The Morgan fingerprint density at radius 1 is 1.29 bits per heavy atom. The van der Waals surface area contributed by atoms with E-state index >= 15 is 0 Å². The van der Waals surface area contributed by atoms with Crippen LogP contribution >= 0.6 is 0 Å². The average molecular weight is 291 g/mol. The van der Waals surface area contributed by atoms with Crippen molar-refractivity contribution in [1.82, 2.24) is 10.1 Å². The van der Waals surface area contributed by atoms with Gasteiger partial charge in [-0.05, 0) is 24.6 Å². The summed E-state index contributed by atoms with van der Waals surface area (Å²) < 4.78 is 15.9. The van der Waals surface area contributed by atoms with Crippen molar-refractivity contribution in [3.8, 4) is 5.75 Å². The van der Waals surface area contributed by atoms with Crippen molar-refractivity contribution < 1.29 is 14.0 Å². The highest BCUT2D eigenvalue weighted by molar-refractivity contribution is 5.27. The van der Waals surface area contributed by atoms with Gasteiger partial charge < -0.3 is 19.7 Å². The average Bonchev–Trinajstić information content (AvgIpc) is 2.95. The van der Waals surface area contributed by atoms with Crippen molar-refractivity contribution >= 4 is 0 Å². The van der Waals surface area contributed by atoms with Crippen molar-refractivity contribution in [3.05, 3.63) is 41.5 Å². The molecule has 0 saturated heterocycles. The van der Waals surface area contributed by atoms with Crippen LogP contribution in [0.5, 0.6) is 5.75 Å². The molecular weight excluding hydrogens is 270 g/mol. The van der Waals surface area contributed by atoms with Crippen LogP contribution in [0.4, 0.5) is 0 Å². The van der Waals surface area contributed by atoms with Gasteiger partial charge in [-0.1, -0.05) is 24.2 Å². The third-order valence-corrected chi connectivity index (χ3v) is 3.30. The highest BCUT2D eigenvalue weighted by atomic mass is 16.5. The molecule has 0 aliphatic carbocycles. The maximum absolute atomic E-state index is 5.81. The van der Waals surface area contributed by atoms with Gasteiger partial charge >= 0.3 is 0 Å². The standard InChI is InChI=1S/C15H21N3O3/c1-10(11(2)16)15-17-14(18-21-15)9-20-8-12-5-4-6-13(7-12)19-3/h4-7,10-11H,8-9,16H2,1-3H3. The first-order valence-electron chi connectivity index (χ1n) is 6.89. The number of aromatic nitrogens is 2. The van der Waals surface area contributed by atoms with Crippen molar-refractivity contribution in [3.63, 3.8) is 0 Å². The summed E-state index contributed by atoms with van der Waals surface area (Å²) in [5.74, 6) is 1.92. The van der Waals surface area contributed by atoms with Crippen LogP contribution in [0, 0.1) is 0 Å². The minimum atomic E-state index is -0.0315. The molecule has 0 radical (unpaired) electrons. The summed E-state index contributed by atoms with van der Waals surface area (Å²) in [5.41, 5.74) is 6.84. The van der Waals surface area contributed by atoms with Gasteiger partial charge in [0.15, 0.2) is 5.82 Å². The van der Waals surface area contributed by atoms with Crippen LogP contribution in [0.25, 0.3) is 0 Å². The van der Waals surface area contributed by atoms with Crippen LogP contribution in [0.2, 0.25) is 0 Å². The number of ether oxygens (including phenoxy) is 2. The Hall–Kier alpha value is -1.92. The van der Waals surface area contributed by atoms with Crippen LogP contribution in [0.1, 0.15) is 37.0 Å². The largest absolute Gasteiger partial charge is 0.497 e. The second-order valence-electron chi connectivity index (χ2n) is 5.04. The molecule has 114 valence electrons. The number of hydrogen-bond donors (Lipinski definition) is 1. The van der Waals surface area contributed by atoms with Crippen molar-refractivity contribution in [1.29, 1.82) is 0 Å². The van der Waals surface area contributed by atoms with Gasteiger partial charge in [-0.25, -0.2) is 0 Å². The molecule has 0 aliphatic heterocycles. The predicted octanol–water partition coefficient (Wildman–Crippen LogP) is 2.25. The zero-order valence-electron chi connectivity index (χ0n) is 12.6. The molecule has 1 aromatic heterocycles. The highest BCUT2D eigenvalue weighted by Gasteiger charge is 2.17. The van der Waals surface area contributed by atoms with E-state index in [2.05, 4.69) is 10.1 Å². The lowest BCUT2D eigenvalue weighted by Crippen LogP contribution is -2.22. The van der Waals surface area contributed by atoms with Gasteiger partial charge in [0, 0.05) is 6.04 Å². The Kier molecular flexibility index (Phi) is 5.30. The summed E-state index contributed by atoms with van der Waals surface area (Å²) in [5, 5.41) is 3.89. The van der Waals surface area contributed by atoms with Gasteiger partial charge in [-0.2, -0.15) is 4.98 Å². The molecule has 1 aromatic carbocycles. The summed E-state index contributed by atoms with van der Waals surface area (Å²) in [6.45, 7) is 4.63. The first kappa shape index (κ1) is 15.5. The third-order valence-electron chi connectivity index (χ3n) is 3.30. The van der Waals surface area contributed by atoms with E-state index in [4.69, 9.17) is 19.7 Å². The van der Waals surface area contributed by atoms with E-state index in [1.165, 1.54) is 0 Å². The monoisotopic (exact) mass is 291 g/mol. The SMILES string of the molecule is COc1cccc(COCc2noc(C(C)C(C)N)n2)c1. The molecule has 2 atom stereocenters. The van der Waals surface area contributed by atoms with Crippen LogP contribution in [0.3, 0.4) is 0 Å². The number of methoxy groups -OCH3 is 1. The molecule has 0 fully saturated rings. The third kappa shape index (κ3) is 4.27. The summed E-state index contributed by atoms with van der Waals surface area (Å²) in [6, 6.07) is 7.69. The Morgan fingerprint density at radius 3 is 2.81 bits per heavy atom. The number of rotatable bonds is 7. The highest BCUT2D eigenvalue weighted by Crippen LogP contribution is 2.16. The van der Waals surface area contributed by atoms with Gasteiger partial charge in [0.1, 0.15) is 12.4 Å². The number of hydrogen-bond acceptors (Lipinski definition) is 6. The fourth-order valence-corrected chi connectivity index (χ4v) is 1.76. The quantitative estimate of drug-likeness (QED) is 0.842. The molecule has 6 nitrogen and oxygen atoms in total. The van der Waals surface area contributed by atoms with Gasteiger partial charge in [-0.3, -0.25) is 0 Å². The first-order chi connectivity index (χ1) is 10.1. The van der Waals surface area contributed by atoms with E-state index < -0.39 is 0 Å². The molecule has 2 rings (SSSR count). The lowest BCUT2D eigenvalue weighted by atomic mass is 10.1. The lowest BCUT2D eigenvalue weighted by molar-refractivity contribution is 0.0998. The normalized spacial score (nSPS) is 13.9. The van der Waals surface area contributed by atoms with Crippen LogP contribution in [-0.2, 0) is 18.0 Å². The maximum Gasteiger partial charge on any atom is 0.231 e. The van der Waals surface area contributed by atoms with Crippen LogP contribution < -0.4 is 10.5 Å². The van der Waals surface area contributed by atoms with E-state index in [9.17, 15) is 0 Å². The molecule has 21 heavy (non-hydrogen) atoms. The van der Waals surface area contributed by atoms with Gasteiger partial charge in [0.25, 0.3) is 0 Å². The molecule has 6 heteroatoms. The summed E-state index contributed by atoms with van der Waals surface area (Å²) in [4.78, 5) is 4.29. The minimum Gasteiger partial charge on any atom is -0.497 e. The Bertz CT molecular complexity index is 569. The maximum atomic E-state index is 5.81. The molecule has 1 heterocycles. The predicted molar refractivity (Wildman–Crippen MR) is 77.8 cm³/mol.